The number of benzene rings is 1. The van der Waals surface area contributed by atoms with E-state index >= 15 is 0 Å². The summed E-state index contributed by atoms with van der Waals surface area (Å²) in [5.74, 6) is -0.349. The van der Waals surface area contributed by atoms with Crippen LogP contribution in [0.25, 0.3) is 0 Å². The van der Waals surface area contributed by atoms with E-state index in [0.717, 1.165) is 0 Å². The first-order valence-electron chi connectivity index (χ1n) is 4.47. The molecule has 1 heterocycles. The van der Waals surface area contributed by atoms with Crippen LogP contribution in [0.15, 0.2) is 30.5 Å². The first kappa shape index (κ1) is 9.86. The molecule has 16 heavy (non-hydrogen) atoms. The third-order valence-corrected chi connectivity index (χ3v) is 1.92. The predicted octanol–water partition coefficient (Wildman–Crippen LogP) is 0.929. The van der Waals surface area contributed by atoms with Crippen molar-refractivity contribution in [2.45, 2.75) is 0 Å². The molecular formula is C10H7N5O. The van der Waals surface area contributed by atoms with Crippen molar-refractivity contribution in [3.63, 3.8) is 0 Å². The normalized spacial score (nSPS) is 9.44. The van der Waals surface area contributed by atoms with E-state index in [-0.39, 0.29) is 11.6 Å². The minimum absolute atomic E-state index is 0.212. The number of H-pyrrole nitrogens is 1. The molecule has 1 aromatic carbocycles. The van der Waals surface area contributed by atoms with Crippen molar-refractivity contribution in [1.29, 1.82) is 5.26 Å². The minimum atomic E-state index is -0.349. The van der Waals surface area contributed by atoms with E-state index in [1.807, 2.05) is 6.07 Å². The molecule has 0 fully saturated rings. The Balaban J connectivity index is 2.10. The minimum Gasteiger partial charge on any atom is -0.321 e. The number of carbonyl (C=O) groups is 1. The topological polar surface area (TPSA) is 94.5 Å². The van der Waals surface area contributed by atoms with Crippen molar-refractivity contribution in [2.24, 2.45) is 0 Å². The molecular weight excluding hydrogens is 206 g/mol. The Hall–Kier alpha value is -2.68. The zero-order valence-electron chi connectivity index (χ0n) is 8.14. The highest BCUT2D eigenvalue weighted by Crippen LogP contribution is 2.09. The maximum absolute atomic E-state index is 11.5. The SMILES string of the molecule is N#Cc1ccc(NC(=O)c2cn[nH]n2)cc1. The first-order chi connectivity index (χ1) is 7.79. The van der Waals surface area contributed by atoms with E-state index in [4.69, 9.17) is 5.26 Å². The number of hydrogen-bond donors (Lipinski definition) is 2. The molecule has 0 aliphatic heterocycles. The highest BCUT2D eigenvalue weighted by atomic mass is 16.2. The summed E-state index contributed by atoms with van der Waals surface area (Å²) in [7, 11) is 0. The molecule has 0 aliphatic carbocycles. The van der Waals surface area contributed by atoms with Crippen LogP contribution in [0, 0.1) is 11.3 Å². The van der Waals surface area contributed by atoms with Gasteiger partial charge in [0.25, 0.3) is 5.91 Å². The number of anilines is 1. The standard InChI is InChI=1S/C10H7N5O/c11-5-7-1-3-8(4-2-7)13-10(16)9-6-12-15-14-9/h1-4,6H,(H,13,16)(H,12,14,15). The third-order valence-electron chi connectivity index (χ3n) is 1.92. The quantitative estimate of drug-likeness (QED) is 0.775. The molecule has 0 radical (unpaired) electrons. The molecule has 0 spiro atoms. The zero-order valence-corrected chi connectivity index (χ0v) is 8.14. The number of nitrogens with one attached hydrogen (secondary N) is 2. The molecule has 6 heteroatoms. The van der Waals surface area contributed by atoms with E-state index in [0.29, 0.717) is 11.3 Å². The van der Waals surface area contributed by atoms with Gasteiger partial charge in [0.1, 0.15) is 0 Å². The van der Waals surface area contributed by atoms with Crippen LogP contribution in [0.4, 0.5) is 5.69 Å². The van der Waals surface area contributed by atoms with Crippen molar-refractivity contribution >= 4 is 11.6 Å². The molecule has 2 N–H and O–H groups in total. The fourth-order valence-electron chi connectivity index (χ4n) is 1.13. The van der Waals surface area contributed by atoms with Gasteiger partial charge >= 0.3 is 0 Å². The van der Waals surface area contributed by atoms with Gasteiger partial charge in [-0.05, 0) is 24.3 Å². The fraction of sp³-hybridized carbons (Fsp3) is 0. The Morgan fingerprint density at radius 1 is 1.38 bits per heavy atom. The highest BCUT2D eigenvalue weighted by Gasteiger charge is 2.08. The predicted molar refractivity (Wildman–Crippen MR) is 55.5 cm³/mol. The van der Waals surface area contributed by atoms with Crippen molar-refractivity contribution in [3.8, 4) is 6.07 Å². The Morgan fingerprint density at radius 2 is 2.12 bits per heavy atom. The van der Waals surface area contributed by atoms with E-state index in [1.54, 1.807) is 24.3 Å². The van der Waals surface area contributed by atoms with Gasteiger partial charge in [0.2, 0.25) is 0 Å². The van der Waals surface area contributed by atoms with Gasteiger partial charge in [-0.1, -0.05) is 0 Å². The van der Waals surface area contributed by atoms with Gasteiger partial charge in [0, 0.05) is 5.69 Å². The summed E-state index contributed by atoms with van der Waals surface area (Å²) in [6.07, 6.45) is 1.33. The average molecular weight is 213 g/mol. The Bertz CT molecular complexity index is 523. The molecule has 78 valence electrons. The van der Waals surface area contributed by atoms with Gasteiger partial charge in [-0.3, -0.25) is 4.79 Å². The molecule has 0 saturated heterocycles. The molecule has 0 unspecified atom stereocenters. The number of nitriles is 1. The Kier molecular flexibility index (Phi) is 2.61. The summed E-state index contributed by atoms with van der Waals surface area (Å²) in [6, 6.07) is 8.54. The smallest absolute Gasteiger partial charge is 0.277 e. The number of aromatic amines is 1. The van der Waals surface area contributed by atoms with Crippen LogP contribution in [0.5, 0.6) is 0 Å². The lowest BCUT2D eigenvalue weighted by Gasteiger charge is -2.01. The van der Waals surface area contributed by atoms with Crippen LogP contribution in [0.1, 0.15) is 16.1 Å². The number of aromatic nitrogens is 3. The maximum Gasteiger partial charge on any atom is 0.277 e. The van der Waals surface area contributed by atoms with Crippen molar-refractivity contribution < 1.29 is 4.79 Å². The second-order valence-electron chi connectivity index (χ2n) is 3.00. The number of rotatable bonds is 2. The molecule has 1 amide bonds. The number of nitrogens with zero attached hydrogens (tertiary/aromatic N) is 3. The lowest BCUT2D eigenvalue weighted by Crippen LogP contribution is -2.12. The number of carbonyl (C=O) groups excluding carboxylic acids is 1. The maximum atomic E-state index is 11.5. The van der Waals surface area contributed by atoms with E-state index in [1.165, 1.54) is 6.20 Å². The van der Waals surface area contributed by atoms with Crippen molar-refractivity contribution in [1.82, 2.24) is 15.4 Å². The van der Waals surface area contributed by atoms with Crippen LogP contribution < -0.4 is 5.32 Å². The second-order valence-corrected chi connectivity index (χ2v) is 3.00. The molecule has 2 rings (SSSR count). The monoisotopic (exact) mass is 213 g/mol. The lowest BCUT2D eigenvalue weighted by molar-refractivity contribution is 0.102. The third kappa shape index (κ3) is 2.04. The average Bonchev–Trinajstić information content (AvgIpc) is 2.83. The lowest BCUT2D eigenvalue weighted by atomic mass is 10.2. The van der Waals surface area contributed by atoms with Gasteiger partial charge in [0.05, 0.1) is 17.8 Å². The van der Waals surface area contributed by atoms with E-state index < -0.39 is 0 Å². The second kappa shape index (κ2) is 4.23. The van der Waals surface area contributed by atoms with E-state index in [9.17, 15) is 4.79 Å². The summed E-state index contributed by atoms with van der Waals surface area (Å²) >= 11 is 0. The molecule has 0 aliphatic rings. The van der Waals surface area contributed by atoms with Crippen molar-refractivity contribution in [3.05, 3.63) is 41.7 Å². The van der Waals surface area contributed by atoms with Crippen LogP contribution in [0.3, 0.4) is 0 Å². The molecule has 0 saturated carbocycles. The summed E-state index contributed by atoms with van der Waals surface area (Å²) in [6.45, 7) is 0. The van der Waals surface area contributed by atoms with Crippen molar-refractivity contribution in [2.75, 3.05) is 5.32 Å². The largest absolute Gasteiger partial charge is 0.321 e. The van der Waals surface area contributed by atoms with Crippen LogP contribution >= 0.6 is 0 Å². The van der Waals surface area contributed by atoms with Crippen LogP contribution in [-0.2, 0) is 0 Å². The molecule has 0 bridgehead atoms. The Labute approximate surface area is 90.9 Å². The summed E-state index contributed by atoms with van der Waals surface area (Å²) in [5, 5.41) is 20.8. The number of hydrogen-bond acceptors (Lipinski definition) is 4. The molecule has 1 aromatic heterocycles. The highest BCUT2D eigenvalue weighted by molar-refractivity contribution is 6.02. The molecule has 6 nitrogen and oxygen atoms in total. The van der Waals surface area contributed by atoms with Gasteiger partial charge in [0.15, 0.2) is 5.69 Å². The van der Waals surface area contributed by atoms with Gasteiger partial charge < -0.3 is 5.32 Å². The summed E-state index contributed by atoms with van der Waals surface area (Å²) < 4.78 is 0. The molecule has 2 aromatic rings. The van der Waals surface area contributed by atoms with E-state index in [2.05, 4.69) is 20.7 Å². The number of amides is 1. The van der Waals surface area contributed by atoms with Crippen LogP contribution in [0.2, 0.25) is 0 Å². The molecule has 0 atom stereocenters. The summed E-state index contributed by atoms with van der Waals surface area (Å²) in [4.78, 5) is 11.5. The fourth-order valence-corrected chi connectivity index (χ4v) is 1.13. The van der Waals surface area contributed by atoms with Gasteiger partial charge in [-0.25, -0.2) is 0 Å². The summed E-state index contributed by atoms with van der Waals surface area (Å²) in [5.41, 5.74) is 1.36. The first-order valence-corrected chi connectivity index (χ1v) is 4.47. The van der Waals surface area contributed by atoms with Gasteiger partial charge in [-0.15, -0.1) is 0 Å². The van der Waals surface area contributed by atoms with Gasteiger partial charge in [-0.2, -0.15) is 20.7 Å². The Morgan fingerprint density at radius 3 is 2.69 bits per heavy atom. The zero-order chi connectivity index (χ0) is 11.4. The van der Waals surface area contributed by atoms with Crippen LogP contribution in [-0.4, -0.2) is 21.3 Å².